The van der Waals surface area contributed by atoms with Crippen molar-refractivity contribution in [2.45, 2.75) is 6.54 Å². The SMILES string of the molecule is COc1ccc(CNc2cc(F)ccc2F)c(O)c1. The molecule has 2 N–H and O–H groups in total. The zero-order valence-electron chi connectivity index (χ0n) is 10.3. The number of nitrogens with one attached hydrogen (secondary N) is 1. The van der Waals surface area contributed by atoms with Crippen molar-refractivity contribution in [2.24, 2.45) is 0 Å². The van der Waals surface area contributed by atoms with E-state index in [1.165, 1.54) is 13.2 Å². The first-order valence-electron chi connectivity index (χ1n) is 5.65. The van der Waals surface area contributed by atoms with Crippen molar-refractivity contribution < 1.29 is 18.6 Å². The van der Waals surface area contributed by atoms with Gasteiger partial charge in [0.15, 0.2) is 0 Å². The fourth-order valence-corrected chi connectivity index (χ4v) is 1.64. The lowest BCUT2D eigenvalue weighted by Crippen LogP contribution is -2.02. The minimum absolute atomic E-state index is 0.0312. The molecule has 0 atom stereocenters. The Balaban J connectivity index is 2.12. The minimum atomic E-state index is -0.547. The van der Waals surface area contributed by atoms with E-state index in [1.807, 2.05) is 0 Å². The highest BCUT2D eigenvalue weighted by Crippen LogP contribution is 2.24. The molecule has 0 spiro atoms. The maximum absolute atomic E-state index is 13.4. The number of anilines is 1. The molecule has 0 aliphatic heterocycles. The molecule has 0 heterocycles. The van der Waals surface area contributed by atoms with E-state index in [2.05, 4.69) is 5.32 Å². The Hall–Kier alpha value is -2.30. The van der Waals surface area contributed by atoms with E-state index in [1.54, 1.807) is 12.1 Å². The minimum Gasteiger partial charge on any atom is -0.507 e. The second-order valence-corrected chi connectivity index (χ2v) is 3.97. The van der Waals surface area contributed by atoms with Crippen LogP contribution in [0.2, 0.25) is 0 Å². The summed E-state index contributed by atoms with van der Waals surface area (Å²) in [6.07, 6.45) is 0. The van der Waals surface area contributed by atoms with Crippen LogP contribution in [0.4, 0.5) is 14.5 Å². The maximum atomic E-state index is 13.4. The summed E-state index contributed by atoms with van der Waals surface area (Å²) in [6.45, 7) is 0.177. The summed E-state index contributed by atoms with van der Waals surface area (Å²) in [5.41, 5.74) is 0.611. The number of ether oxygens (including phenoxy) is 1. The van der Waals surface area contributed by atoms with E-state index in [9.17, 15) is 13.9 Å². The molecule has 0 saturated heterocycles. The van der Waals surface area contributed by atoms with E-state index in [4.69, 9.17) is 4.74 Å². The first-order chi connectivity index (χ1) is 9.10. The lowest BCUT2D eigenvalue weighted by atomic mass is 10.2. The molecule has 0 unspecified atom stereocenters. The third kappa shape index (κ3) is 3.13. The summed E-state index contributed by atoms with van der Waals surface area (Å²) in [5.74, 6) is -0.515. The van der Waals surface area contributed by atoms with Crippen molar-refractivity contribution in [3.05, 3.63) is 53.6 Å². The standard InChI is InChI=1S/C14H13F2NO2/c1-19-11-4-2-9(14(18)7-11)8-17-13-6-10(15)3-5-12(13)16/h2-7,17-18H,8H2,1H3. The second kappa shape index (κ2) is 5.56. The molecular formula is C14H13F2NO2. The maximum Gasteiger partial charge on any atom is 0.146 e. The fraction of sp³-hybridized carbons (Fsp3) is 0.143. The Labute approximate surface area is 109 Å². The summed E-state index contributed by atoms with van der Waals surface area (Å²) >= 11 is 0. The van der Waals surface area contributed by atoms with Crippen molar-refractivity contribution in [3.63, 3.8) is 0 Å². The van der Waals surface area contributed by atoms with Crippen LogP contribution in [0.15, 0.2) is 36.4 Å². The summed E-state index contributed by atoms with van der Waals surface area (Å²) in [7, 11) is 1.49. The Morgan fingerprint density at radius 1 is 1.16 bits per heavy atom. The van der Waals surface area contributed by atoms with Gasteiger partial charge in [-0.25, -0.2) is 8.78 Å². The van der Waals surface area contributed by atoms with Gasteiger partial charge >= 0.3 is 0 Å². The molecule has 0 bridgehead atoms. The van der Waals surface area contributed by atoms with Crippen LogP contribution in [0, 0.1) is 11.6 Å². The van der Waals surface area contributed by atoms with E-state index in [-0.39, 0.29) is 18.0 Å². The number of benzene rings is 2. The third-order valence-electron chi connectivity index (χ3n) is 2.69. The van der Waals surface area contributed by atoms with Gasteiger partial charge in [-0.15, -0.1) is 0 Å². The number of hydrogen-bond acceptors (Lipinski definition) is 3. The van der Waals surface area contributed by atoms with Gasteiger partial charge in [0.05, 0.1) is 12.8 Å². The predicted molar refractivity (Wildman–Crippen MR) is 68.3 cm³/mol. The number of halogens is 2. The molecule has 2 aromatic rings. The van der Waals surface area contributed by atoms with Gasteiger partial charge in [-0.2, -0.15) is 0 Å². The van der Waals surface area contributed by atoms with Crippen molar-refractivity contribution in [2.75, 3.05) is 12.4 Å². The Bertz CT molecular complexity index is 588. The Morgan fingerprint density at radius 3 is 2.63 bits per heavy atom. The fourth-order valence-electron chi connectivity index (χ4n) is 1.64. The Morgan fingerprint density at radius 2 is 1.95 bits per heavy atom. The van der Waals surface area contributed by atoms with Crippen LogP contribution in [0.1, 0.15) is 5.56 Å². The molecule has 0 aromatic heterocycles. The monoisotopic (exact) mass is 265 g/mol. The third-order valence-corrected chi connectivity index (χ3v) is 2.69. The molecular weight excluding hydrogens is 252 g/mol. The van der Waals surface area contributed by atoms with Gasteiger partial charge < -0.3 is 15.2 Å². The van der Waals surface area contributed by atoms with Gasteiger partial charge in [0.25, 0.3) is 0 Å². The molecule has 100 valence electrons. The quantitative estimate of drug-likeness (QED) is 0.891. The van der Waals surface area contributed by atoms with Gasteiger partial charge in [0.2, 0.25) is 0 Å². The van der Waals surface area contributed by atoms with Crippen molar-refractivity contribution >= 4 is 5.69 Å². The van der Waals surface area contributed by atoms with E-state index < -0.39 is 11.6 Å². The van der Waals surface area contributed by atoms with Crippen LogP contribution in [0.25, 0.3) is 0 Å². The van der Waals surface area contributed by atoms with Gasteiger partial charge in [0.1, 0.15) is 23.1 Å². The molecule has 19 heavy (non-hydrogen) atoms. The molecule has 0 saturated carbocycles. The number of methoxy groups -OCH3 is 1. The number of aromatic hydroxyl groups is 1. The number of rotatable bonds is 4. The molecule has 2 rings (SSSR count). The number of hydrogen-bond donors (Lipinski definition) is 2. The molecule has 5 heteroatoms. The first-order valence-corrected chi connectivity index (χ1v) is 5.65. The zero-order valence-corrected chi connectivity index (χ0v) is 10.3. The molecule has 0 amide bonds. The van der Waals surface area contributed by atoms with Gasteiger partial charge in [-0.1, -0.05) is 0 Å². The molecule has 0 aliphatic carbocycles. The van der Waals surface area contributed by atoms with E-state index in [0.29, 0.717) is 11.3 Å². The molecule has 2 aromatic carbocycles. The van der Waals surface area contributed by atoms with Crippen LogP contribution in [-0.2, 0) is 6.54 Å². The van der Waals surface area contributed by atoms with Crippen LogP contribution < -0.4 is 10.1 Å². The number of phenolic OH excluding ortho intramolecular Hbond substituents is 1. The molecule has 3 nitrogen and oxygen atoms in total. The zero-order chi connectivity index (χ0) is 13.8. The average Bonchev–Trinajstić information content (AvgIpc) is 2.40. The summed E-state index contributed by atoms with van der Waals surface area (Å²) in [5, 5.41) is 12.5. The summed E-state index contributed by atoms with van der Waals surface area (Å²) in [6, 6.07) is 7.95. The molecule has 0 radical (unpaired) electrons. The van der Waals surface area contributed by atoms with Crippen LogP contribution in [0.3, 0.4) is 0 Å². The summed E-state index contributed by atoms with van der Waals surface area (Å²) in [4.78, 5) is 0. The van der Waals surface area contributed by atoms with E-state index in [0.717, 1.165) is 18.2 Å². The van der Waals surface area contributed by atoms with Gasteiger partial charge in [0, 0.05) is 18.2 Å². The van der Waals surface area contributed by atoms with Crippen LogP contribution >= 0.6 is 0 Å². The Kier molecular flexibility index (Phi) is 3.85. The van der Waals surface area contributed by atoms with Crippen LogP contribution in [0.5, 0.6) is 11.5 Å². The highest BCUT2D eigenvalue weighted by atomic mass is 19.1. The van der Waals surface area contributed by atoms with Crippen molar-refractivity contribution in [1.82, 2.24) is 0 Å². The molecule has 0 fully saturated rings. The smallest absolute Gasteiger partial charge is 0.146 e. The van der Waals surface area contributed by atoms with Gasteiger partial charge in [-0.3, -0.25) is 0 Å². The van der Waals surface area contributed by atoms with Gasteiger partial charge in [-0.05, 0) is 30.3 Å². The second-order valence-electron chi connectivity index (χ2n) is 3.97. The highest BCUT2D eigenvalue weighted by Gasteiger charge is 2.06. The lowest BCUT2D eigenvalue weighted by molar-refractivity contribution is 0.406. The highest BCUT2D eigenvalue weighted by molar-refractivity contribution is 5.47. The van der Waals surface area contributed by atoms with Crippen molar-refractivity contribution in [1.29, 1.82) is 0 Å². The summed E-state index contributed by atoms with van der Waals surface area (Å²) < 4.78 is 31.3. The predicted octanol–water partition coefficient (Wildman–Crippen LogP) is 3.29. The van der Waals surface area contributed by atoms with E-state index >= 15 is 0 Å². The first kappa shape index (κ1) is 13.1. The topological polar surface area (TPSA) is 41.5 Å². The van der Waals surface area contributed by atoms with Crippen LogP contribution in [-0.4, -0.2) is 12.2 Å². The normalized spacial score (nSPS) is 10.3. The molecule has 0 aliphatic rings. The lowest BCUT2D eigenvalue weighted by Gasteiger charge is -2.10. The van der Waals surface area contributed by atoms with Crippen molar-refractivity contribution in [3.8, 4) is 11.5 Å². The number of phenols is 1. The average molecular weight is 265 g/mol. The largest absolute Gasteiger partial charge is 0.507 e.